The van der Waals surface area contributed by atoms with Gasteiger partial charge in [0.1, 0.15) is 11.5 Å². The number of unbranched alkanes of at least 4 members (excludes halogenated alkanes) is 3. The van der Waals surface area contributed by atoms with Crippen LogP contribution in [-0.2, 0) is 6.42 Å². The molecule has 0 radical (unpaired) electrons. The monoisotopic (exact) mass is 250 g/mol. The van der Waals surface area contributed by atoms with Crippen molar-refractivity contribution in [3.05, 3.63) is 23.8 Å². The Bertz CT molecular complexity index is 334. The van der Waals surface area contributed by atoms with Gasteiger partial charge in [0, 0.05) is 6.07 Å². The lowest BCUT2D eigenvalue weighted by Crippen LogP contribution is -1.99. The summed E-state index contributed by atoms with van der Waals surface area (Å²) in [5.74, 6) is 1.89. The summed E-state index contributed by atoms with van der Waals surface area (Å²) in [5, 5.41) is 0. The van der Waals surface area contributed by atoms with E-state index in [2.05, 4.69) is 13.0 Å². The molecule has 0 atom stereocenters. The van der Waals surface area contributed by atoms with Gasteiger partial charge in [-0.25, -0.2) is 0 Å². The van der Waals surface area contributed by atoms with Crippen LogP contribution < -0.4 is 9.47 Å². The highest BCUT2D eigenvalue weighted by molar-refractivity contribution is 5.40. The number of ether oxygens (including phenoxy) is 2. The maximum Gasteiger partial charge on any atom is 0.126 e. The highest BCUT2D eigenvalue weighted by Gasteiger charge is 2.05. The molecule has 102 valence electrons. The average molecular weight is 250 g/mol. The predicted octanol–water partition coefficient (Wildman–Crippen LogP) is 4.61. The molecule has 2 heteroatoms. The van der Waals surface area contributed by atoms with Crippen molar-refractivity contribution in [3.63, 3.8) is 0 Å². The Labute approximate surface area is 111 Å². The first kappa shape index (κ1) is 14.9. The SMILES string of the molecule is CCCCCCc1ccc(OCC)cc1OCC. The summed E-state index contributed by atoms with van der Waals surface area (Å²) in [6.07, 6.45) is 6.24. The molecule has 0 aliphatic heterocycles. The van der Waals surface area contributed by atoms with Crippen LogP contribution in [0.15, 0.2) is 18.2 Å². The highest BCUT2D eigenvalue weighted by Crippen LogP contribution is 2.26. The van der Waals surface area contributed by atoms with Gasteiger partial charge in [0.25, 0.3) is 0 Å². The molecular formula is C16H26O2. The number of hydrogen-bond acceptors (Lipinski definition) is 2. The van der Waals surface area contributed by atoms with Gasteiger partial charge in [-0.1, -0.05) is 32.3 Å². The minimum absolute atomic E-state index is 0.696. The second-order valence-corrected chi connectivity index (χ2v) is 4.45. The molecule has 2 nitrogen and oxygen atoms in total. The maximum atomic E-state index is 5.70. The summed E-state index contributed by atoms with van der Waals surface area (Å²) < 4.78 is 11.2. The Balaban J connectivity index is 2.63. The van der Waals surface area contributed by atoms with Crippen molar-refractivity contribution in [1.82, 2.24) is 0 Å². The molecule has 0 bridgehead atoms. The van der Waals surface area contributed by atoms with Gasteiger partial charge in [0.2, 0.25) is 0 Å². The zero-order chi connectivity index (χ0) is 13.2. The molecule has 0 aromatic heterocycles. The summed E-state index contributed by atoms with van der Waals surface area (Å²) in [7, 11) is 0. The molecule has 0 aliphatic rings. The van der Waals surface area contributed by atoms with Gasteiger partial charge in [-0.05, 0) is 38.3 Å². The van der Waals surface area contributed by atoms with Crippen molar-refractivity contribution in [2.45, 2.75) is 52.9 Å². The number of hydrogen-bond donors (Lipinski definition) is 0. The zero-order valence-electron chi connectivity index (χ0n) is 12.0. The van der Waals surface area contributed by atoms with Crippen LogP contribution in [0.4, 0.5) is 0 Å². The molecule has 0 aliphatic carbocycles. The quantitative estimate of drug-likeness (QED) is 0.596. The van der Waals surface area contributed by atoms with E-state index in [1.165, 1.54) is 31.2 Å². The molecule has 1 rings (SSSR count). The molecule has 0 saturated heterocycles. The number of benzene rings is 1. The molecule has 1 aromatic carbocycles. The van der Waals surface area contributed by atoms with Crippen molar-refractivity contribution in [2.24, 2.45) is 0 Å². The third-order valence-electron chi connectivity index (χ3n) is 2.95. The van der Waals surface area contributed by atoms with Crippen LogP contribution >= 0.6 is 0 Å². The summed E-state index contributed by atoms with van der Waals surface area (Å²) in [6, 6.07) is 6.20. The Morgan fingerprint density at radius 1 is 0.889 bits per heavy atom. The van der Waals surface area contributed by atoms with Crippen molar-refractivity contribution in [3.8, 4) is 11.5 Å². The van der Waals surface area contributed by atoms with Gasteiger partial charge in [-0.3, -0.25) is 0 Å². The van der Waals surface area contributed by atoms with Crippen LogP contribution in [0.2, 0.25) is 0 Å². The first-order chi connectivity index (χ1) is 8.81. The highest BCUT2D eigenvalue weighted by atomic mass is 16.5. The molecule has 0 saturated carbocycles. The fraction of sp³-hybridized carbons (Fsp3) is 0.625. The lowest BCUT2D eigenvalue weighted by atomic mass is 10.1. The first-order valence-electron chi connectivity index (χ1n) is 7.20. The molecule has 18 heavy (non-hydrogen) atoms. The third kappa shape index (κ3) is 4.99. The summed E-state index contributed by atoms with van der Waals surface area (Å²) in [6.45, 7) is 7.66. The predicted molar refractivity (Wildman–Crippen MR) is 76.6 cm³/mol. The van der Waals surface area contributed by atoms with Gasteiger partial charge in [0.15, 0.2) is 0 Å². The van der Waals surface area contributed by atoms with Gasteiger partial charge in [-0.15, -0.1) is 0 Å². The van der Waals surface area contributed by atoms with Gasteiger partial charge in [-0.2, -0.15) is 0 Å². The van der Waals surface area contributed by atoms with Crippen molar-refractivity contribution in [1.29, 1.82) is 0 Å². The fourth-order valence-corrected chi connectivity index (χ4v) is 2.03. The minimum Gasteiger partial charge on any atom is -0.494 e. The Kier molecular flexibility index (Phi) is 7.31. The number of rotatable bonds is 9. The van der Waals surface area contributed by atoms with E-state index >= 15 is 0 Å². The molecule has 0 heterocycles. The largest absolute Gasteiger partial charge is 0.494 e. The van der Waals surface area contributed by atoms with Gasteiger partial charge >= 0.3 is 0 Å². The van der Waals surface area contributed by atoms with Crippen LogP contribution in [0.25, 0.3) is 0 Å². The summed E-state index contributed by atoms with van der Waals surface area (Å²) in [5.41, 5.74) is 1.30. The van der Waals surface area contributed by atoms with Gasteiger partial charge in [0.05, 0.1) is 13.2 Å². The zero-order valence-corrected chi connectivity index (χ0v) is 12.0. The smallest absolute Gasteiger partial charge is 0.126 e. The molecule has 0 fully saturated rings. The number of aryl methyl sites for hydroxylation is 1. The molecule has 0 amide bonds. The van der Waals surface area contributed by atoms with E-state index < -0.39 is 0 Å². The van der Waals surface area contributed by atoms with E-state index in [4.69, 9.17) is 9.47 Å². The van der Waals surface area contributed by atoms with Crippen LogP contribution in [0, 0.1) is 0 Å². The molecule has 0 N–H and O–H groups in total. The maximum absolute atomic E-state index is 5.70. The normalized spacial score (nSPS) is 10.4. The van der Waals surface area contributed by atoms with E-state index in [-0.39, 0.29) is 0 Å². The third-order valence-corrected chi connectivity index (χ3v) is 2.95. The molecule has 0 spiro atoms. The van der Waals surface area contributed by atoms with Crippen molar-refractivity contribution in [2.75, 3.05) is 13.2 Å². The minimum atomic E-state index is 0.696. The molecular weight excluding hydrogens is 224 g/mol. The van der Waals surface area contributed by atoms with E-state index in [0.29, 0.717) is 13.2 Å². The van der Waals surface area contributed by atoms with E-state index in [1.807, 2.05) is 26.0 Å². The lowest BCUT2D eigenvalue weighted by Gasteiger charge is -2.12. The van der Waals surface area contributed by atoms with E-state index in [1.54, 1.807) is 0 Å². The van der Waals surface area contributed by atoms with Crippen molar-refractivity contribution < 1.29 is 9.47 Å². The fourth-order valence-electron chi connectivity index (χ4n) is 2.03. The standard InChI is InChI=1S/C16H26O2/c1-4-7-8-9-10-14-11-12-15(17-5-2)13-16(14)18-6-3/h11-13H,4-10H2,1-3H3. The summed E-state index contributed by atoms with van der Waals surface area (Å²) >= 11 is 0. The lowest BCUT2D eigenvalue weighted by molar-refractivity contribution is 0.320. The summed E-state index contributed by atoms with van der Waals surface area (Å²) in [4.78, 5) is 0. The second-order valence-electron chi connectivity index (χ2n) is 4.45. The Morgan fingerprint density at radius 3 is 2.33 bits per heavy atom. The Morgan fingerprint density at radius 2 is 1.67 bits per heavy atom. The van der Waals surface area contributed by atoms with E-state index in [0.717, 1.165) is 17.9 Å². The van der Waals surface area contributed by atoms with Crippen LogP contribution in [0.5, 0.6) is 11.5 Å². The van der Waals surface area contributed by atoms with Crippen LogP contribution in [0.3, 0.4) is 0 Å². The Hall–Kier alpha value is -1.18. The molecule has 0 unspecified atom stereocenters. The van der Waals surface area contributed by atoms with Crippen molar-refractivity contribution >= 4 is 0 Å². The molecule has 1 aromatic rings. The average Bonchev–Trinajstić information content (AvgIpc) is 2.37. The first-order valence-corrected chi connectivity index (χ1v) is 7.20. The van der Waals surface area contributed by atoms with Crippen LogP contribution in [0.1, 0.15) is 52.0 Å². The van der Waals surface area contributed by atoms with Gasteiger partial charge < -0.3 is 9.47 Å². The van der Waals surface area contributed by atoms with E-state index in [9.17, 15) is 0 Å². The second kappa shape index (κ2) is 8.84. The topological polar surface area (TPSA) is 18.5 Å². The van der Waals surface area contributed by atoms with Crippen LogP contribution in [-0.4, -0.2) is 13.2 Å².